The van der Waals surface area contributed by atoms with Crippen LogP contribution in [0.5, 0.6) is 0 Å². The van der Waals surface area contributed by atoms with E-state index in [2.05, 4.69) is 5.32 Å². The Labute approximate surface area is 162 Å². The van der Waals surface area contributed by atoms with Gasteiger partial charge in [-0.05, 0) is 29.8 Å². The number of hydrogen-bond donors (Lipinski definition) is 1. The molecule has 2 aromatic rings. The highest BCUT2D eigenvalue weighted by Gasteiger charge is 2.43. The van der Waals surface area contributed by atoms with Crippen LogP contribution in [0.4, 0.5) is 10.5 Å². The molecule has 0 fully saturated rings. The van der Waals surface area contributed by atoms with Gasteiger partial charge in [-0.2, -0.15) is 0 Å². The maximum Gasteiger partial charge on any atom is 0.337 e. The number of nitrogens with zero attached hydrogens (tertiary/aromatic N) is 2. The molecular weight excluding hydrogens is 358 g/mol. The van der Waals surface area contributed by atoms with Crippen LogP contribution in [0, 0.1) is 0 Å². The Hall–Kier alpha value is -3.61. The van der Waals surface area contributed by atoms with Crippen LogP contribution in [0.3, 0.4) is 0 Å². The molecule has 7 nitrogen and oxygen atoms in total. The summed E-state index contributed by atoms with van der Waals surface area (Å²) in [7, 11) is 2.98. The SMILES string of the molecule is COC(=O)c1ccc(N2CC3=C(C2=O)[C@@H](c2ccccc2)NC(=O)N3C)cc1. The van der Waals surface area contributed by atoms with Gasteiger partial charge in [0.05, 0.1) is 36.5 Å². The molecule has 2 aliphatic heterocycles. The van der Waals surface area contributed by atoms with Gasteiger partial charge in [-0.3, -0.25) is 9.69 Å². The smallest absolute Gasteiger partial charge is 0.337 e. The second-order valence-corrected chi connectivity index (χ2v) is 6.64. The number of esters is 1. The van der Waals surface area contributed by atoms with Crippen LogP contribution in [0.15, 0.2) is 65.9 Å². The van der Waals surface area contributed by atoms with Gasteiger partial charge in [0.25, 0.3) is 5.91 Å². The number of hydrogen-bond acceptors (Lipinski definition) is 4. The van der Waals surface area contributed by atoms with Crippen LogP contribution in [-0.2, 0) is 9.53 Å². The quantitative estimate of drug-likeness (QED) is 0.834. The Kier molecular flexibility index (Phi) is 4.35. The number of amides is 3. The lowest BCUT2D eigenvalue weighted by molar-refractivity contribution is -0.114. The van der Waals surface area contributed by atoms with Crippen molar-refractivity contribution < 1.29 is 19.1 Å². The van der Waals surface area contributed by atoms with Crippen molar-refractivity contribution in [3.8, 4) is 0 Å². The monoisotopic (exact) mass is 377 g/mol. The molecule has 0 spiro atoms. The van der Waals surface area contributed by atoms with Gasteiger partial charge in [-0.25, -0.2) is 9.59 Å². The molecule has 4 rings (SSSR count). The summed E-state index contributed by atoms with van der Waals surface area (Å²) in [5.74, 6) is -0.600. The van der Waals surface area contributed by atoms with Crippen LogP contribution < -0.4 is 10.2 Å². The Morgan fingerprint density at radius 3 is 2.39 bits per heavy atom. The first kappa shape index (κ1) is 17.8. The van der Waals surface area contributed by atoms with E-state index in [4.69, 9.17) is 4.74 Å². The van der Waals surface area contributed by atoms with E-state index in [-0.39, 0.29) is 11.9 Å². The molecule has 0 saturated heterocycles. The summed E-state index contributed by atoms with van der Waals surface area (Å²) in [4.78, 5) is 40.4. The van der Waals surface area contributed by atoms with Crippen molar-refractivity contribution in [2.45, 2.75) is 6.04 Å². The predicted octanol–water partition coefficient (Wildman–Crippen LogP) is 2.47. The Morgan fingerprint density at radius 2 is 1.75 bits per heavy atom. The van der Waals surface area contributed by atoms with Gasteiger partial charge in [-0.1, -0.05) is 30.3 Å². The van der Waals surface area contributed by atoms with Crippen LogP contribution in [0.1, 0.15) is 22.0 Å². The lowest BCUT2D eigenvalue weighted by Crippen LogP contribution is -2.45. The summed E-state index contributed by atoms with van der Waals surface area (Å²) >= 11 is 0. The van der Waals surface area contributed by atoms with Crippen molar-refractivity contribution in [3.63, 3.8) is 0 Å². The molecule has 2 aliphatic rings. The van der Waals surface area contributed by atoms with Crippen molar-refractivity contribution in [1.82, 2.24) is 10.2 Å². The summed E-state index contributed by atoms with van der Waals surface area (Å²) in [6, 6.07) is 15.3. The third kappa shape index (κ3) is 2.81. The molecular formula is C21H19N3O4. The number of benzene rings is 2. The minimum Gasteiger partial charge on any atom is -0.465 e. The lowest BCUT2D eigenvalue weighted by Gasteiger charge is -2.31. The Balaban J connectivity index is 1.69. The van der Waals surface area contributed by atoms with Crippen molar-refractivity contribution in [2.75, 3.05) is 25.6 Å². The van der Waals surface area contributed by atoms with Gasteiger partial charge in [0, 0.05) is 12.7 Å². The van der Waals surface area contributed by atoms with Crippen LogP contribution in [0.25, 0.3) is 0 Å². The molecule has 0 bridgehead atoms. The highest BCUT2D eigenvalue weighted by Crippen LogP contribution is 2.37. The molecule has 0 unspecified atom stereocenters. The number of methoxy groups -OCH3 is 1. The van der Waals surface area contributed by atoms with E-state index < -0.39 is 12.0 Å². The number of rotatable bonds is 3. The minimum absolute atomic E-state index is 0.165. The van der Waals surface area contributed by atoms with Crippen molar-refractivity contribution in [2.24, 2.45) is 0 Å². The van der Waals surface area contributed by atoms with Gasteiger partial charge in [-0.15, -0.1) is 0 Å². The van der Waals surface area contributed by atoms with Crippen LogP contribution >= 0.6 is 0 Å². The molecule has 0 aliphatic carbocycles. The zero-order valence-electron chi connectivity index (χ0n) is 15.5. The van der Waals surface area contributed by atoms with Gasteiger partial charge >= 0.3 is 12.0 Å². The third-order valence-corrected chi connectivity index (χ3v) is 5.09. The summed E-state index contributed by atoms with van der Waals surface area (Å²) in [5.41, 5.74) is 3.16. The van der Waals surface area contributed by atoms with Gasteiger partial charge in [0.2, 0.25) is 0 Å². The molecule has 3 amide bonds. The molecule has 28 heavy (non-hydrogen) atoms. The van der Waals surface area contributed by atoms with E-state index in [1.807, 2.05) is 30.3 Å². The molecule has 0 aromatic heterocycles. The van der Waals surface area contributed by atoms with Gasteiger partial charge in [0.15, 0.2) is 0 Å². The first-order valence-electron chi connectivity index (χ1n) is 8.83. The Bertz CT molecular complexity index is 982. The van der Waals surface area contributed by atoms with E-state index in [9.17, 15) is 14.4 Å². The third-order valence-electron chi connectivity index (χ3n) is 5.09. The highest BCUT2D eigenvalue weighted by molar-refractivity contribution is 6.11. The molecule has 0 radical (unpaired) electrons. The van der Waals surface area contributed by atoms with Crippen molar-refractivity contribution in [3.05, 3.63) is 77.0 Å². The summed E-state index contributed by atoms with van der Waals surface area (Å²) in [5, 5.41) is 2.91. The van der Waals surface area contributed by atoms with Gasteiger partial charge < -0.3 is 15.0 Å². The largest absolute Gasteiger partial charge is 0.465 e. The molecule has 1 atom stereocenters. The number of carbonyl (C=O) groups excluding carboxylic acids is 3. The van der Waals surface area contributed by atoms with Gasteiger partial charge in [0.1, 0.15) is 0 Å². The number of urea groups is 1. The van der Waals surface area contributed by atoms with E-state index in [0.717, 1.165) is 5.56 Å². The molecule has 142 valence electrons. The number of carbonyl (C=O) groups is 3. The summed E-state index contributed by atoms with van der Waals surface area (Å²) in [6.45, 7) is 0.291. The topological polar surface area (TPSA) is 79.0 Å². The molecule has 1 N–H and O–H groups in total. The zero-order valence-corrected chi connectivity index (χ0v) is 15.5. The van der Waals surface area contributed by atoms with E-state index in [1.165, 1.54) is 12.0 Å². The summed E-state index contributed by atoms with van der Waals surface area (Å²) < 4.78 is 4.71. The van der Waals surface area contributed by atoms with E-state index in [0.29, 0.717) is 29.1 Å². The van der Waals surface area contributed by atoms with Crippen molar-refractivity contribution >= 4 is 23.6 Å². The number of nitrogens with one attached hydrogen (secondary N) is 1. The molecule has 2 heterocycles. The zero-order chi connectivity index (χ0) is 19.8. The second-order valence-electron chi connectivity index (χ2n) is 6.64. The first-order valence-corrected chi connectivity index (χ1v) is 8.83. The van der Waals surface area contributed by atoms with E-state index >= 15 is 0 Å². The second kappa shape index (κ2) is 6.84. The fraction of sp³-hybridized carbons (Fsp3) is 0.190. The lowest BCUT2D eigenvalue weighted by atomic mass is 9.96. The fourth-order valence-electron chi connectivity index (χ4n) is 3.57. The Morgan fingerprint density at radius 1 is 1.07 bits per heavy atom. The number of ether oxygens (including phenoxy) is 1. The number of anilines is 1. The first-order chi connectivity index (χ1) is 13.5. The standard InChI is InChI=1S/C21H19N3O4/c1-23-16-12-24(15-10-8-14(9-11-15)20(26)28-2)19(25)17(16)18(22-21(23)27)13-6-4-3-5-7-13/h3-11,18H,12H2,1-2H3,(H,22,27)/t18-/m1/s1. The average molecular weight is 377 g/mol. The highest BCUT2D eigenvalue weighted by atomic mass is 16.5. The maximum atomic E-state index is 13.2. The average Bonchev–Trinajstić information content (AvgIpc) is 3.08. The fourth-order valence-corrected chi connectivity index (χ4v) is 3.57. The number of likely N-dealkylation sites (N-methyl/N-ethyl adjacent to an activating group) is 1. The van der Waals surface area contributed by atoms with E-state index in [1.54, 1.807) is 36.2 Å². The molecule has 7 heteroatoms. The predicted molar refractivity (Wildman–Crippen MR) is 103 cm³/mol. The maximum absolute atomic E-state index is 13.2. The molecule has 0 saturated carbocycles. The van der Waals surface area contributed by atoms with Crippen molar-refractivity contribution in [1.29, 1.82) is 0 Å². The minimum atomic E-state index is -0.494. The normalized spacial score (nSPS) is 18.9. The summed E-state index contributed by atoms with van der Waals surface area (Å²) in [6.07, 6.45) is 0. The van der Waals surface area contributed by atoms with Crippen LogP contribution in [0.2, 0.25) is 0 Å². The van der Waals surface area contributed by atoms with Crippen LogP contribution in [-0.4, -0.2) is 43.5 Å². The molecule has 2 aromatic carbocycles.